The fourth-order valence-corrected chi connectivity index (χ4v) is 3.06. The molecule has 26 heavy (non-hydrogen) atoms. The van der Waals surface area contributed by atoms with E-state index in [9.17, 15) is 9.18 Å². The van der Waals surface area contributed by atoms with Crippen LogP contribution in [-0.2, 0) is 11.3 Å². The number of nitrogens with zero attached hydrogens (tertiary/aromatic N) is 3. The lowest BCUT2D eigenvalue weighted by Gasteiger charge is -2.07. The number of hydrogen-bond donors (Lipinski definition) is 2. The number of rotatable bonds is 6. The van der Waals surface area contributed by atoms with Gasteiger partial charge < -0.3 is 15.6 Å². The summed E-state index contributed by atoms with van der Waals surface area (Å²) in [5, 5.41) is 11.3. The van der Waals surface area contributed by atoms with Crippen LogP contribution in [0.4, 0.5) is 4.39 Å². The first-order valence-electron chi connectivity index (χ1n) is 7.85. The molecule has 0 atom stereocenters. The summed E-state index contributed by atoms with van der Waals surface area (Å²) in [6.45, 7) is 3.82. The van der Waals surface area contributed by atoms with Crippen molar-refractivity contribution in [2.45, 2.75) is 25.5 Å². The minimum Gasteiger partial charge on any atom is -0.469 e. The lowest BCUT2D eigenvalue weighted by Crippen LogP contribution is -2.25. The molecule has 0 radical (unpaired) electrons. The normalized spacial score (nSPS) is 10.9. The minimum atomic E-state index is -0.262. The highest BCUT2D eigenvalue weighted by Gasteiger charge is 2.16. The molecule has 0 fully saturated rings. The molecule has 3 rings (SSSR count). The Kier molecular flexibility index (Phi) is 5.27. The molecule has 0 unspecified atom stereocenters. The zero-order chi connectivity index (χ0) is 18.7. The van der Waals surface area contributed by atoms with E-state index in [2.05, 4.69) is 15.5 Å². The van der Waals surface area contributed by atoms with Crippen molar-refractivity contribution in [3.63, 3.8) is 0 Å². The maximum atomic E-state index is 13.2. The average molecular weight is 375 g/mol. The van der Waals surface area contributed by atoms with Gasteiger partial charge in [0.05, 0.1) is 17.6 Å². The van der Waals surface area contributed by atoms with Crippen molar-refractivity contribution < 1.29 is 13.6 Å². The summed E-state index contributed by atoms with van der Waals surface area (Å²) in [5.74, 6) is 6.87. The largest absolute Gasteiger partial charge is 0.469 e. The van der Waals surface area contributed by atoms with E-state index in [1.807, 2.05) is 0 Å². The third-order valence-corrected chi connectivity index (χ3v) is 4.75. The molecule has 9 heteroatoms. The molecule has 3 aromatic rings. The topological polar surface area (TPSA) is 99.0 Å². The Balaban J connectivity index is 1.56. The van der Waals surface area contributed by atoms with Gasteiger partial charge in [-0.3, -0.25) is 4.79 Å². The number of aryl methyl sites for hydroxylation is 2. The molecule has 0 spiro atoms. The predicted octanol–water partition coefficient (Wildman–Crippen LogP) is 2.42. The number of nitrogen functional groups attached to an aromatic ring is 1. The zero-order valence-corrected chi connectivity index (χ0v) is 15.1. The second-order valence-electron chi connectivity index (χ2n) is 5.72. The van der Waals surface area contributed by atoms with E-state index in [1.54, 1.807) is 38.3 Å². The first-order chi connectivity index (χ1) is 12.5. The summed E-state index contributed by atoms with van der Waals surface area (Å²) in [7, 11) is 0. The molecule has 2 heterocycles. The number of nitrogens with two attached hydrogens (primary N) is 1. The maximum Gasteiger partial charge on any atom is 0.230 e. The molecule has 0 saturated heterocycles. The molecule has 0 aliphatic rings. The van der Waals surface area contributed by atoms with Crippen molar-refractivity contribution in [2.75, 3.05) is 11.6 Å². The van der Waals surface area contributed by atoms with Crippen molar-refractivity contribution in [1.29, 1.82) is 0 Å². The molecule has 136 valence electrons. The van der Waals surface area contributed by atoms with Gasteiger partial charge in [-0.05, 0) is 37.1 Å². The fourth-order valence-electron chi connectivity index (χ4n) is 2.37. The number of amides is 1. The van der Waals surface area contributed by atoms with Gasteiger partial charge in [0, 0.05) is 6.54 Å². The Bertz CT molecular complexity index is 937. The van der Waals surface area contributed by atoms with Crippen LogP contribution < -0.4 is 11.2 Å². The van der Waals surface area contributed by atoms with E-state index in [0.29, 0.717) is 28.8 Å². The van der Waals surface area contributed by atoms with Gasteiger partial charge in [-0.25, -0.2) is 9.07 Å². The van der Waals surface area contributed by atoms with Crippen LogP contribution >= 0.6 is 11.8 Å². The van der Waals surface area contributed by atoms with Crippen molar-refractivity contribution in [3.05, 3.63) is 53.2 Å². The Hall–Kier alpha value is -2.81. The van der Waals surface area contributed by atoms with Crippen molar-refractivity contribution in [2.24, 2.45) is 0 Å². The number of halogens is 1. The van der Waals surface area contributed by atoms with Crippen LogP contribution in [0, 0.1) is 19.7 Å². The van der Waals surface area contributed by atoms with E-state index in [-0.39, 0.29) is 17.5 Å². The van der Waals surface area contributed by atoms with E-state index < -0.39 is 0 Å². The third kappa shape index (κ3) is 3.88. The summed E-state index contributed by atoms with van der Waals surface area (Å²) in [6.07, 6.45) is 1.55. The lowest BCUT2D eigenvalue weighted by molar-refractivity contribution is -0.118. The summed E-state index contributed by atoms with van der Waals surface area (Å²) in [4.78, 5) is 12.0. The van der Waals surface area contributed by atoms with Crippen LogP contribution in [0.5, 0.6) is 0 Å². The number of carbonyl (C=O) groups is 1. The maximum absolute atomic E-state index is 13.2. The smallest absolute Gasteiger partial charge is 0.230 e. The lowest BCUT2D eigenvalue weighted by atomic mass is 10.1. The molecular formula is C17H18FN5O2S. The highest BCUT2D eigenvalue weighted by molar-refractivity contribution is 7.99. The van der Waals surface area contributed by atoms with Crippen LogP contribution in [-0.4, -0.2) is 26.5 Å². The molecule has 0 aliphatic heterocycles. The number of benzene rings is 1. The van der Waals surface area contributed by atoms with Crippen molar-refractivity contribution in [3.8, 4) is 11.4 Å². The van der Waals surface area contributed by atoms with E-state index in [1.165, 1.54) is 22.5 Å². The molecule has 0 bridgehead atoms. The minimum absolute atomic E-state index is 0.139. The van der Waals surface area contributed by atoms with Gasteiger partial charge in [-0.15, -0.1) is 10.2 Å². The van der Waals surface area contributed by atoms with Gasteiger partial charge in [0.1, 0.15) is 11.6 Å². The summed E-state index contributed by atoms with van der Waals surface area (Å²) < 4.78 is 19.8. The first-order valence-corrected chi connectivity index (χ1v) is 8.83. The molecule has 0 aliphatic carbocycles. The SMILES string of the molecule is Cc1cc(CNC(=O)CSc2nnc(-c3ccoc3C)n2N)ccc1F. The molecule has 0 saturated carbocycles. The van der Waals surface area contributed by atoms with Gasteiger partial charge in [0.2, 0.25) is 11.1 Å². The Labute approximate surface area is 153 Å². The predicted molar refractivity (Wildman–Crippen MR) is 96.3 cm³/mol. The molecule has 1 aromatic carbocycles. The quantitative estimate of drug-likeness (QED) is 0.507. The second-order valence-corrected chi connectivity index (χ2v) is 6.66. The van der Waals surface area contributed by atoms with Gasteiger partial charge in [-0.2, -0.15) is 0 Å². The van der Waals surface area contributed by atoms with Gasteiger partial charge in [-0.1, -0.05) is 23.9 Å². The zero-order valence-electron chi connectivity index (χ0n) is 14.3. The molecular weight excluding hydrogens is 357 g/mol. The number of furan rings is 1. The van der Waals surface area contributed by atoms with Gasteiger partial charge in [0.25, 0.3) is 0 Å². The fraction of sp³-hybridized carbons (Fsp3) is 0.235. The van der Waals surface area contributed by atoms with Crippen molar-refractivity contribution >= 4 is 17.7 Å². The Morgan fingerprint density at radius 3 is 2.85 bits per heavy atom. The second kappa shape index (κ2) is 7.61. The van der Waals surface area contributed by atoms with Gasteiger partial charge in [0.15, 0.2) is 5.82 Å². The van der Waals surface area contributed by atoms with Crippen LogP contribution in [0.15, 0.2) is 40.1 Å². The van der Waals surface area contributed by atoms with E-state index >= 15 is 0 Å². The number of hydrogen-bond acceptors (Lipinski definition) is 6. The average Bonchev–Trinajstić information content (AvgIpc) is 3.19. The Morgan fingerprint density at radius 2 is 2.15 bits per heavy atom. The number of thioether (sulfide) groups is 1. The highest BCUT2D eigenvalue weighted by Crippen LogP contribution is 2.24. The van der Waals surface area contributed by atoms with Crippen molar-refractivity contribution in [1.82, 2.24) is 20.2 Å². The summed E-state index contributed by atoms with van der Waals surface area (Å²) in [5.41, 5.74) is 2.13. The van der Waals surface area contributed by atoms with Gasteiger partial charge >= 0.3 is 0 Å². The number of nitrogens with one attached hydrogen (secondary N) is 1. The van der Waals surface area contributed by atoms with E-state index in [0.717, 1.165) is 11.1 Å². The third-order valence-electron chi connectivity index (χ3n) is 3.81. The monoisotopic (exact) mass is 375 g/mol. The van der Waals surface area contributed by atoms with Crippen LogP contribution in [0.3, 0.4) is 0 Å². The number of carbonyl (C=O) groups excluding carboxylic acids is 1. The molecule has 3 N–H and O–H groups in total. The molecule has 1 amide bonds. The Morgan fingerprint density at radius 1 is 1.35 bits per heavy atom. The highest BCUT2D eigenvalue weighted by atomic mass is 32.2. The molecule has 2 aromatic heterocycles. The number of aromatic nitrogens is 3. The summed E-state index contributed by atoms with van der Waals surface area (Å²) in [6, 6.07) is 6.50. The van der Waals surface area contributed by atoms with Crippen LogP contribution in [0.2, 0.25) is 0 Å². The summed E-state index contributed by atoms with van der Waals surface area (Å²) >= 11 is 1.18. The van der Waals surface area contributed by atoms with E-state index in [4.69, 9.17) is 10.3 Å². The standard InChI is InChI=1S/C17H18FN5O2S/c1-10-7-12(3-4-14(10)18)8-20-15(24)9-26-17-22-21-16(23(17)19)13-5-6-25-11(13)2/h3-7H,8-9,19H2,1-2H3,(H,20,24). The first kappa shape index (κ1) is 18.0. The van der Waals surface area contributed by atoms with Crippen LogP contribution in [0.25, 0.3) is 11.4 Å². The van der Waals surface area contributed by atoms with Crippen LogP contribution in [0.1, 0.15) is 16.9 Å². The molecule has 7 nitrogen and oxygen atoms in total.